The smallest absolute Gasteiger partial charge is 0.255 e. The minimum Gasteiger partial charge on any atom is -0.496 e. The van der Waals surface area contributed by atoms with Gasteiger partial charge in [-0.25, -0.2) is 0 Å². The summed E-state index contributed by atoms with van der Waals surface area (Å²) in [5.41, 5.74) is 2.47. The van der Waals surface area contributed by atoms with Crippen LogP contribution in [0.5, 0.6) is 5.75 Å². The summed E-state index contributed by atoms with van der Waals surface area (Å²) in [5, 5.41) is 6.18. The highest BCUT2D eigenvalue weighted by molar-refractivity contribution is 5.97. The number of carbonyl (C=O) groups is 3. The number of methoxy groups -OCH3 is 1. The van der Waals surface area contributed by atoms with Crippen LogP contribution in [0, 0.1) is 0 Å². The molecular weight excluding hydrogens is 502 g/mol. The first-order valence-electron chi connectivity index (χ1n) is 14.2. The number of amides is 3. The molecule has 1 fully saturated rings. The van der Waals surface area contributed by atoms with Gasteiger partial charge in [0.1, 0.15) is 5.75 Å². The van der Waals surface area contributed by atoms with Crippen LogP contribution in [0.1, 0.15) is 65.6 Å². The molecule has 1 aliphatic heterocycles. The van der Waals surface area contributed by atoms with E-state index in [0.717, 1.165) is 16.7 Å². The Kier molecular flexibility index (Phi) is 8.19. The van der Waals surface area contributed by atoms with Crippen molar-refractivity contribution in [3.05, 3.63) is 101 Å². The lowest BCUT2D eigenvalue weighted by Crippen LogP contribution is -2.51. The van der Waals surface area contributed by atoms with Crippen LogP contribution in [0.25, 0.3) is 0 Å². The van der Waals surface area contributed by atoms with E-state index in [1.54, 1.807) is 19.2 Å². The number of nitrogens with zero attached hydrogens (tertiary/aromatic N) is 1. The molecule has 2 atom stereocenters. The molecule has 0 aromatic heterocycles. The molecular formula is C33H37N3O4. The van der Waals surface area contributed by atoms with Gasteiger partial charge in [-0.2, -0.15) is 0 Å². The van der Waals surface area contributed by atoms with Crippen LogP contribution < -0.4 is 15.4 Å². The van der Waals surface area contributed by atoms with E-state index in [1.165, 1.54) is 0 Å². The number of ether oxygens (including phenoxy) is 1. The first kappa shape index (κ1) is 27.4. The molecule has 7 heteroatoms. The van der Waals surface area contributed by atoms with Crippen molar-refractivity contribution < 1.29 is 19.1 Å². The third-order valence-corrected chi connectivity index (χ3v) is 8.39. The average Bonchev–Trinajstić information content (AvgIpc) is 3.01. The molecule has 0 unspecified atom stereocenters. The van der Waals surface area contributed by atoms with E-state index in [2.05, 4.69) is 10.6 Å². The first-order valence-corrected chi connectivity index (χ1v) is 14.2. The second-order valence-corrected chi connectivity index (χ2v) is 10.6. The van der Waals surface area contributed by atoms with Crippen molar-refractivity contribution in [1.29, 1.82) is 0 Å². The van der Waals surface area contributed by atoms with Gasteiger partial charge in [-0.05, 0) is 61.4 Å². The minimum absolute atomic E-state index is 0.0106. The van der Waals surface area contributed by atoms with Crippen molar-refractivity contribution in [2.75, 3.05) is 26.7 Å². The van der Waals surface area contributed by atoms with Crippen molar-refractivity contribution in [2.24, 2.45) is 0 Å². The van der Waals surface area contributed by atoms with Crippen molar-refractivity contribution in [3.8, 4) is 5.75 Å². The topological polar surface area (TPSA) is 87.7 Å². The summed E-state index contributed by atoms with van der Waals surface area (Å²) >= 11 is 0. The molecule has 1 heterocycles. The van der Waals surface area contributed by atoms with E-state index in [9.17, 15) is 14.4 Å². The predicted octanol–water partition coefficient (Wildman–Crippen LogP) is 4.42. The molecule has 3 aromatic carbocycles. The number of carbonyl (C=O) groups excluding carboxylic acids is 3. The maximum Gasteiger partial charge on any atom is 0.255 e. The van der Waals surface area contributed by atoms with Crippen LogP contribution in [0.4, 0.5) is 0 Å². The Balaban J connectivity index is 1.32. The number of rotatable bonds is 7. The van der Waals surface area contributed by atoms with Crippen LogP contribution in [-0.4, -0.2) is 55.4 Å². The van der Waals surface area contributed by atoms with E-state index in [4.69, 9.17) is 4.74 Å². The highest BCUT2D eigenvalue weighted by Crippen LogP contribution is 2.47. The number of nitrogens with one attached hydrogen (secondary N) is 2. The molecule has 2 aliphatic rings. The highest BCUT2D eigenvalue weighted by Gasteiger charge is 2.48. The first-order chi connectivity index (χ1) is 19.5. The Morgan fingerprint density at radius 1 is 0.900 bits per heavy atom. The highest BCUT2D eigenvalue weighted by atomic mass is 16.5. The number of benzene rings is 3. The Labute approximate surface area is 235 Å². The second-order valence-electron chi connectivity index (χ2n) is 10.6. The van der Waals surface area contributed by atoms with Crippen LogP contribution in [0.3, 0.4) is 0 Å². The maximum absolute atomic E-state index is 13.9. The lowest BCUT2D eigenvalue weighted by molar-refractivity contribution is -0.135. The zero-order chi connectivity index (χ0) is 28.1. The summed E-state index contributed by atoms with van der Waals surface area (Å²) in [6, 6.07) is 25.0. The maximum atomic E-state index is 13.9. The van der Waals surface area contributed by atoms with E-state index in [1.807, 2.05) is 78.6 Å². The van der Waals surface area contributed by atoms with Crippen molar-refractivity contribution in [2.45, 2.75) is 50.0 Å². The number of likely N-dealkylation sites (N-methyl/N-ethyl adjacent to an activating group) is 1. The summed E-state index contributed by atoms with van der Waals surface area (Å²) in [6.45, 7) is 3.63. The molecule has 5 rings (SSSR count). The Bertz CT molecular complexity index is 1370. The number of piperidine rings is 1. The summed E-state index contributed by atoms with van der Waals surface area (Å²) in [4.78, 5) is 42.4. The number of fused-ring (bicyclic) bond motifs is 1. The lowest BCUT2D eigenvalue weighted by atomic mass is 9.62. The molecule has 0 bridgehead atoms. The monoisotopic (exact) mass is 539 g/mol. The lowest BCUT2D eigenvalue weighted by Gasteiger charge is -2.42. The predicted molar refractivity (Wildman–Crippen MR) is 154 cm³/mol. The molecule has 0 radical (unpaired) electrons. The van der Waals surface area contributed by atoms with Gasteiger partial charge in [0.25, 0.3) is 5.91 Å². The molecule has 3 amide bonds. The van der Waals surface area contributed by atoms with Gasteiger partial charge < -0.3 is 20.3 Å². The van der Waals surface area contributed by atoms with Gasteiger partial charge in [0.2, 0.25) is 11.8 Å². The molecule has 208 valence electrons. The number of likely N-dealkylation sites (tertiary alicyclic amines) is 1. The minimum atomic E-state index is -0.833. The van der Waals surface area contributed by atoms with E-state index < -0.39 is 5.41 Å². The molecule has 1 saturated heterocycles. The van der Waals surface area contributed by atoms with Crippen molar-refractivity contribution >= 4 is 17.7 Å². The normalized spacial score (nSPS) is 20.8. The van der Waals surface area contributed by atoms with Crippen molar-refractivity contribution in [3.63, 3.8) is 0 Å². The molecule has 1 aliphatic carbocycles. The van der Waals surface area contributed by atoms with Gasteiger partial charge in [-0.15, -0.1) is 0 Å². The quantitative estimate of drug-likeness (QED) is 0.466. The van der Waals surface area contributed by atoms with Crippen molar-refractivity contribution in [1.82, 2.24) is 15.5 Å². The van der Waals surface area contributed by atoms with Crippen LogP contribution in [0.15, 0.2) is 78.9 Å². The third kappa shape index (κ3) is 5.08. The molecule has 0 saturated carbocycles. The molecule has 3 aromatic rings. The van der Waals surface area contributed by atoms with Crippen LogP contribution in [0.2, 0.25) is 0 Å². The van der Waals surface area contributed by atoms with Gasteiger partial charge in [0.15, 0.2) is 0 Å². The average molecular weight is 540 g/mol. The SMILES string of the molecule is CCNC(=O)[C@@]1(c2ccccc2)CC[C@H](C(=O)N2CCC(NC(=O)c3ccccc3OC)CC2)c2ccccc21. The number of hydrogen-bond donors (Lipinski definition) is 2. The largest absolute Gasteiger partial charge is 0.496 e. The van der Waals surface area contributed by atoms with Gasteiger partial charge in [0.05, 0.1) is 24.0 Å². The van der Waals surface area contributed by atoms with E-state index in [0.29, 0.717) is 56.6 Å². The van der Waals surface area contributed by atoms with Crippen LogP contribution >= 0.6 is 0 Å². The Morgan fingerprint density at radius 3 is 2.30 bits per heavy atom. The standard InChI is InChI=1S/C33H37N3O4/c1-3-34-32(39)33(23-11-5-4-6-12-23)20-17-26(25-13-7-9-15-28(25)33)31(38)36-21-18-24(19-22-36)35-30(37)27-14-8-10-16-29(27)40-2/h4-16,24,26H,3,17-22H2,1-2H3,(H,34,39)(H,35,37)/t26-,33+/m0/s1. The van der Waals surface area contributed by atoms with E-state index >= 15 is 0 Å². The van der Waals surface area contributed by atoms with Gasteiger partial charge in [0, 0.05) is 25.7 Å². The zero-order valence-electron chi connectivity index (χ0n) is 23.2. The molecule has 2 N–H and O–H groups in total. The Hall–Kier alpha value is -4.13. The second kappa shape index (κ2) is 11.9. The number of para-hydroxylation sites is 1. The fraction of sp³-hybridized carbons (Fsp3) is 0.364. The van der Waals surface area contributed by atoms with Crippen LogP contribution in [-0.2, 0) is 15.0 Å². The summed E-state index contributed by atoms with van der Waals surface area (Å²) < 4.78 is 5.33. The Morgan fingerprint density at radius 2 is 1.57 bits per heavy atom. The fourth-order valence-electron chi connectivity index (χ4n) is 6.36. The molecule has 7 nitrogen and oxygen atoms in total. The van der Waals surface area contributed by atoms with Gasteiger partial charge in [-0.1, -0.05) is 66.7 Å². The van der Waals surface area contributed by atoms with Gasteiger partial charge >= 0.3 is 0 Å². The van der Waals surface area contributed by atoms with Gasteiger partial charge in [-0.3, -0.25) is 14.4 Å². The number of hydrogen-bond acceptors (Lipinski definition) is 4. The molecule has 0 spiro atoms. The fourth-order valence-corrected chi connectivity index (χ4v) is 6.36. The molecule has 40 heavy (non-hydrogen) atoms. The van der Waals surface area contributed by atoms with E-state index in [-0.39, 0.29) is 29.7 Å². The summed E-state index contributed by atoms with van der Waals surface area (Å²) in [5.74, 6) is 0.154. The third-order valence-electron chi connectivity index (χ3n) is 8.39. The zero-order valence-corrected chi connectivity index (χ0v) is 23.2. The summed E-state index contributed by atoms with van der Waals surface area (Å²) in [6.07, 6.45) is 2.52. The summed E-state index contributed by atoms with van der Waals surface area (Å²) in [7, 11) is 1.56.